The van der Waals surface area contributed by atoms with Crippen LogP contribution in [0.5, 0.6) is 0 Å². The Hall–Kier alpha value is 0.260. The van der Waals surface area contributed by atoms with Crippen LogP contribution in [0.4, 0.5) is 0 Å². The average molecular weight is 288 g/mol. The molecule has 0 unspecified atom stereocenters. The van der Waals surface area contributed by atoms with Crippen molar-refractivity contribution in [2.75, 3.05) is 47.4 Å². The molecule has 0 spiro atoms. The minimum atomic E-state index is -3.20. The van der Waals surface area contributed by atoms with Crippen molar-refractivity contribution in [3.63, 3.8) is 0 Å². The molecule has 0 bridgehead atoms. The van der Waals surface area contributed by atoms with Crippen LogP contribution in [-0.4, -0.2) is 53.0 Å². The second-order valence-electron chi connectivity index (χ2n) is 3.74. The van der Waals surface area contributed by atoms with Crippen LogP contribution in [0.15, 0.2) is 0 Å². The number of hydrogen-bond donors (Lipinski definition) is 0. The highest BCUT2D eigenvalue weighted by Crippen LogP contribution is 2.58. The van der Waals surface area contributed by atoms with Crippen LogP contribution in [0.3, 0.4) is 0 Å². The molecule has 0 radical (unpaired) electrons. The molecule has 7 nitrogen and oxygen atoms in total. The summed E-state index contributed by atoms with van der Waals surface area (Å²) in [5.41, 5.74) is -0.802. The van der Waals surface area contributed by atoms with Crippen LogP contribution in [0.1, 0.15) is 0 Å². The van der Waals surface area contributed by atoms with Crippen molar-refractivity contribution in [2.24, 2.45) is 0 Å². The van der Waals surface area contributed by atoms with Gasteiger partial charge in [-0.1, -0.05) is 0 Å². The van der Waals surface area contributed by atoms with Gasteiger partial charge >= 0.3 is 15.2 Å². The van der Waals surface area contributed by atoms with Gasteiger partial charge in [0.05, 0.1) is 18.9 Å². The third-order valence-corrected chi connectivity index (χ3v) is 6.78. The fourth-order valence-electron chi connectivity index (χ4n) is 1.45. The second-order valence-corrected chi connectivity index (χ2v) is 8.28. The third-order valence-electron chi connectivity index (χ3n) is 2.63. The number of ether oxygens (including phenoxy) is 1. The van der Waals surface area contributed by atoms with Crippen LogP contribution < -0.4 is 0 Å². The summed E-state index contributed by atoms with van der Waals surface area (Å²) >= 11 is 0. The van der Waals surface area contributed by atoms with E-state index >= 15 is 0 Å². The Morgan fingerprint density at radius 3 is 1.41 bits per heavy atom. The molecule has 0 atom stereocenters. The van der Waals surface area contributed by atoms with Crippen LogP contribution in [0, 0.1) is 0 Å². The van der Waals surface area contributed by atoms with Crippen molar-refractivity contribution in [3.05, 3.63) is 0 Å². The molecular formula is C8H18O7P2. The van der Waals surface area contributed by atoms with E-state index in [-0.39, 0.29) is 12.3 Å². The molecule has 17 heavy (non-hydrogen) atoms. The van der Waals surface area contributed by atoms with Gasteiger partial charge in [-0.3, -0.25) is 9.13 Å². The van der Waals surface area contributed by atoms with Gasteiger partial charge in [-0.05, 0) is 0 Å². The summed E-state index contributed by atoms with van der Waals surface area (Å²) in [6, 6.07) is 0. The predicted octanol–water partition coefficient (Wildman–Crippen LogP) is 1.73. The Morgan fingerprint density at radius 1 is 0.941 bits per heavy atom. The smallest absolute Gasteiger partial charge is 0.333 e. The highest BCUT2D eigenvalue weighted by Gasteiger charge is 2.55. The molecule has 0 aromatic carbocycles. The molecule has 1 saturated heterocycles. The maximum Gasteiger partial charge on any atom is 0.333 e. The van der Waals surface area contributed by atoms with Crippen molar-refractivity contribution in [3.8, 4) is 0 Å². The zero-order chi connectivity index (χ0) is 13.2. The number of epoxide rings is 1. The van der Waals surface area contributed by atoms with Gasteiger partial charge < -0.3 is 22.8 Å². The normalized spacial score (nSPS) is 19.3. The first-order valence-corrected chi connectivity index (χ1v) is 8.37. The SMILES string of the molecule is COP(=O)(CC1(CP(=O)(OC)OC)CO1)OC. The summed E-state index contributed by atoms with van der Waals surface area (Å²) in [6.45, 7) is 0.334. The Morgan fingerprint density at radius 2 is 1.24 bits per heavy atom. The van der Waals surface area contributed by atoms with Crippen LogP contribution in [0.2, 0.25) is 0 Å². The van der Waals surface area contributed by atoms with E-state index in [0.29, 0.717) is 6.61 Å². The van der Waals surface area contributed by atoms with Crippen molar-refractivity contribution in [2.45, 2.75) is 5.60 Å². The molecule has 9 heteroatoms. The van der Waals surface area contributed by atoms with Crippen LogP contribution in [0.25, 0.3) is 0 Å². The van der Waals surface area contributed by atoms with E-state index in [1.807, 2.05) is 0 Å². The van der Waals surface area contributed by atoms with Gasteiger partial charge in [0.2, 0.25) is 0 Å². The maximum atomic E-state index is 12.0. The first-order chi connectivity index (χ1) is 7.86. The highest BCUT2D eigenvalue weighted by molar-refractivity contribution is 7.55. The average Bonchev–Trinajstić information content (AvgIpc) is 3.08. The number of hydrogen-bond acceptors (Lipinski definition) is 7. The van der Waals surface area contributed by atoms with Gasteiger partial charge in [-0.25, -0.2) is 0 Å². The van der Waals surface area contributed by atoms with Crippen molar-refractivity contribution in [1.29, 1.82) is 0 Å². The van der Waals surface area contributed by atoms with Crippen molar-refractivity contribution < 1.29 is 32.0 Å². The molecule has 0 aromatic heterocycles. The minimum absolute atomic E-state index is 0.0315. The molecule has 1 aliphatic heterocycles. The van der Waals surface area contributed by atoms with Gasteiger partial charge in [0.1, 0.15) is 5.60 Å². The predicted molar refractivity (Wildman–Crippen MR) is 61.7 cm³/mol. The lowest BCUT2D eigenvalue weighted by Crippen LogP contribution is -2.24. The molecule has 0 N–H and O–H groups in total. The summed E-state index contributed by atoms with van der Waals surface area (Å²) in [7, 11) is -1.22. The lowest BCUT2D eigenvalue weighted by molar-refractivity contribution is 0.244. The summed E-state index contributed by atoms with van der Waals surface area (Å²) in [6.07, 6.45) is 0.0629. The highest BCUT2D eigenvalue weighted by atomic mass is 31.2. The molecule has 102 valence electrons. The molecule has 1 aliphatic rings. The van der Waals surface area contributed by atoms with E-state index in [4.69, 9.17) is 22.8 Å². The molecular weight excluding hydrogens is 270 g/mol. The molecule has 1 rings (SSSR count). The second kappa shape index (κ2) is 5.49. The van der Waals surface area contributed by atoms with E-state index in [2.05, 4.69) is 0 Å². The summed E-state index contributed by atoms with van der Waals surface area (Å²) < 4.78 is 48.5. The Bertz CT molecular complexity index is 306. The van der Waals surface area contributed by atoms with Crippen LogP contribution >= 0.6 is 15.2 Å². The fraction of sp³-hybridized carbons (Fsp3) is 1.00. The zero-order valence-corrected chi connectivity index (χ0v) is 12.2. The molecule has 0 saturated carbocycles. The monoisotopic (exact) mass is 288 g/mol. The largest absolute Gasteiger partial charge is 0.368 e. The topological polar surface area (TPSA) is 83.6 Å². The molecule has 0 amide bonds. The van der Waals surface area contributed by atoms with Gasteiger partial charge in [0.25, 0.3) is 0 Å². The van der Waals surface area contributed by atoms with Crippen LogP contribution in [-0.2, 0) is 32.0 Å². The van der Waals surface area contributed by atoms with E-state index < -0.39 is 20.8 Å². The first kappa shape index (κ1) is 15.3. The summed E-state index contributed by atoms with van der Waals surface area (Å²) in [4.78, 5) is 0. The Kier molecular flexibility index (Phi) is 4.95. The zero-order valence-electron chi connectivity index (χ0n) is 10.4. The Balaban J connectivity index is 2.71. The summed E-state index contributed by atoms with van der Waals surface area (Å²) in [5.74, 6) is 0. The van der Waals surface area contributed by atoms with E-state index in [1.165, 1.54) is 28.4 Å². The van der Waals surface area contributed by atoms with E-state index in [0.717, 1.165) is 0 Å². The minimum Gasteiger partial charge on any atom is -0.368 e. The Labute approximate surface area is 101 Å². The van der Waals surface area contributed by atoms with E-state index in [9.17, 15) is 9.13 Å². The standard InChI is InChI=1S/C8H18O7P2/c1-11-16(9,12-2)6-8(5-15-8)7-17(10,13-3)14-4/h5-7H2,1-4H3. The van der Waals surface area contributed by atoms with Crippen molar-refractivity contribution >= 4 is 15.2 Å². The van der Waals surface area contributed by atoms with Crippen molar-refractivity contribution in [1.82, 2.24) is 0 Å². The first-order valence-electron chi connectivity index (χ1n) is 4.91. The molecule has 0 aromatic rings. The van der Waals surface area contributed by atoms with Gasteiger partial charge in [0, 0.05) is 28.4 Å². The van der Waals surface area contributed by atoms with Gasteiger partial charge in [0.15, 0.2) is 0 Å². The maximum absolute atomic E-state index is 12.0. The summed E-state index contributed by atoms with van der Waals surface area (Å²) in [5, 5.41) is 0. The third kappa shape index (κ3) is 3.86. The molecule has 1 fully saturated rings. The number of rotatable bonds is 8. The van der Waals surface area contributed by atoms with Gasteiger partial charge in [-0.15, -0.1) is 0 Å². The van der Waals surface area contributed by atoms with Gasteiger partial charge in [-0.2, -0.15) is 0 Å². The van der Waals surface area contributed by atoms with E-state index in [1.54, 1.807) is 0 Å². The fourth-order valence-corrected chi connectivity index (χ4v) is 4.44. The lowest BCUT2D eigenvalue weighted by atomic mass is 10.2. The molecule has 0 aliphatic carbocycles. The molecule has 1 heterocycles. The quantitative estimate of drug-likeness (QED) is 0.496. The lowest BCUT2D eigenvalue weighted by Gasteiger charge is -2.21.